The van der Waals surface area contributed by atoms with E-state index in [1.807, 2.05) is 0 Å². The first-order valence-corrected chi connectivity index (χ1v) is 21.3. The van der Waals surface area contributed by atoms with Gasteiger partial charge in [0.1, 0.15) is 0 Å². The summed E-state index contributed by atoms with van der Waals surface area (Å²) in [6.45, 7) is 0. The Hall–Kier alpha value is -8.00. The van der Waals surface area contributed by atoms with Gasteiger partial charge in [-0.15, -0.1) is 0 Å². The normalized spacial score (nSPS) is 12.3. The highest BCUT2D eigenvalue weighted by Gasteiger charge is 2.26. The second-order valence-electron chi connectivity index (χ2n) is 16.8. The van der Waals surface area contributed by atoms with Crippen molar-refractivity contribution >= 4 is 86.4 Å². The van der Waals surface area contributed by atoms with Crippen LogP contribution in [0.4, 0.5) is 0 Å². The standard InChI is InChI=1S/C60H35N/c1-3-17-44-40(13-1)42-15-5-7-19-46(42)53-31-36(25-28-50(44)53)37-27-30-59-55(33-37)48-21-9-10-22-49(48)56-34-39(35-57-52-23-11-12-24-58(52)61(59)60(56)57)38-26-29-51-45-18-4-2-14-41(45)43-16-6-8-20-47(43)54(51)32-38/h1-35H. The molecule has 1 nitrogen and oxygen atoms in total. The van der Waals surface area contributed by atoms with Crippen molar-refractivity contribution in [2.75, 3.05) is 0 Å². The van der Waals surface area contributed by atoms with E-state index >= 15 is 0 Å². The van der Waals surface area contributed by atoms with Gasteiger partial charge in [0.2, 0.25) is 0 Å². The Kier molecular flexibility index (Phi) is 6.62. The third-order valence-corrected chi connectivity index (χ3v) is 13.7. The molecular formula is C60H35N. The summed E-state index contributed by atoms with van der Waals surface area (Å²) in [4.78, 5) is 0. The average molecular weight is 770 g/mol. The number of aromatic nitrogens is 1. The molecule has 0 unspecified atom stereocenters. The van der Waals surface area contributed by atoms with Crippen LogP contribution in [0.5, 0.6) is 0 Å². The smallest absolute Gasteiger partial charge is 0.0620 e. The summed E-state index contributed by atoms with van der Waals surface area (Å²) >= 11 is 0. The summed E-state index contributed by atoms with van der Waals surface area (Å²) in [6, 6.07) is 79.5. The maximum atomic E-state index is 2.53. The SMILES string of the molecule is c1ccc2c(c1)-c1cc(-c3ccc4c5ccccc5c5ccccc5c4c3)ccc1-n1c3ccccc3c3cc(-c4ccc5c6ccccc6c6ccccc6c5c4)cc-2c31. The van der Waals surface area contributed by atoms with Gasteiger partial charge < -0.3 is 4.57 Å². The Balaban J connectivity index is 1.01. The number of fused-ring (bicyclic) bond motifs is 20. The van der Waals surface area contributed by atoms with E-state index in [4.69, 9.17) is 0 Å². The summed E-state index contributed by atoms with van der Waals surface area (Å²) in [5, 5.41) is 18.1. The fourth-order valence-electron chi connectivity index (χ4n) is 11.0. The Bertz CT molecular complexity index is 3980. The first-order chi connectivity index (χ1) is 30.3. The molecule has 0 saturated heterocycles. The monoisotopic (exact) mass is 769 g/mol. The molecule has 13 aromatic rings. The van der Waals surface area contributed by atoms with Crippen molar-refractivity contribution in [3.63, 3.8) is 0 Å². The highest BCUT2D eigenvalue weighted by molar-refractivity contribution is 6.27. The predicted molar refractivity (Wildman–Crippen MR) is 261 cm³/mol. The molecule has 0 fully saturated rings. The molecule has 0 bridgehead atoms. The Labute approximate surface area is 352 Å². The molecule has 14 rings (SSSR count). The third-order valence-electron chi connectivity index (χ3n) is 13.7. The molecule has 1 aliphatic heterocycles. The van der Waals surface area contributed by atoms with Crippen LogP contribution in [0, 0.1) is 0 Å². The lowest BCUT2D eigenvalue weighted by Gasteiger charge is -2.16. The number of hydrogen-bond acceptors (Lipinski definition) is 0. The van der Waals surface area contributed by atoms with Crippen molar-refractivity contribution in [2.24, 2.45) is 0 Å². The van der Waals surface area contributed by atoms with Gasteiger partial charge in [-0.1, -0.05) is 170 Å². The van der Waals surface area contributed by atoms with Crippen LogP contribution in [0.25, 0.3) is 137 Å². The summed E-state index contributed by atoms with van der Waals surface area (Å²) in [5.41, 5.74) is 13.5. The molecular weight excluding hydrogens is 735 g/mol. The Morgan fingerprint density at radius 1 is 0.213 bits per heavy atom. The summed E-state index contributed by atoms with van der Waals surface area (Å²) in [6.07, 6.45) is 0. The zero-order valence-corrected chi connectivity index (χ0v) is 33.2. The molecule has 0 radical (unpaired) electrons. The van der Waals surface area contributed by atoms with Crippen LogP contribution in [0.1, 0.15) is 0 Å². The van der Waals surface area contributed by atoms with Crippen molar-refractivity contribution in [1.82, 2.24) is 4.57 Å². The summed E-state index contributed by atoms with van der Waals surface area (Å²) in [5.74, 6) is 0. The molecule has 1 aliphatic rings. The second kappa shape index (κ2) is 12.3. The van der Waals surface area contributed by atoms with E-state index in [0.717, 1.165) is 0 Å². The lowest BCUT2D eigenvalue weighted by molar-refractivity contribution is 1.19. The minimum absolute atomic E-state index is 1.20. The molecule has 0 spiro atoms. The lowest BCUT2D eigenvalue weighted by Crippen LogP contribution is -1.96. The molecule has 280 valence electrons. The highest BCUT2D eigenvalue weighted by Crippen LogP contribution is 2.50. The van der Waals surface area contributed by atoms with Crippen molar-refractivity contribution < 1.29 is 0 Å². The maximum absolute atomic E-state index is 2.53. The van der Waals surface area contributed by atoms with E-state index in [-0.39, 0.29) is 0 Å². The van der Waals surface area contributed by atoms with E-state index in [9.17, 15) is 0 Å². The fraction of sp³-hybridized carbons (Fsp3) is 0. The fourth-order valence-corrected chi connectivity index (χ4v) is 11.0. The van der Waals surface area contributed by atoms with Crippen LogP contribution in [-0.2, 0) is 0 Å². The van der Waals surface area contributed by atoms with Gasteiger partial charge in [0.05, 0.1) is 16.7 Å². The van der Waals surface area contributed by atoms with E-state index in [1.165, 1.54) is 137 Å². The first kappa shape index (κ1) is 32.9. The van der Waals surface area contributed by atoms with Gasteiger partial charge in [-0.2, -0.15) is 0 Å². The first-order valence-electron chi connectivity index (χ1n) is 21.3. The average Bonchev–Trinajstić information content (AvgIpc) is 3.61. The third kappa shape index (κ3) is 4.55. The molecule has 1 aromatic heterocycles. The van der Waals surface area contributed by atoms with Crippen LogP contribution in [0.15, 0.2) is 212 Å². The predicted octanol–water partition coefficient (Wildman–Crippen LogP) is 16.7. The van der Waals surface area contributed by atoms with Crippen LogP contribution < -0.4 is 0 Å². The minimum atomic E-state index is 1.20. The number of benzene rings is 12. The van der Waals surface area contributed by atoms with E-state index in [2.05, 4.69) is 217 Å². The maximum Gasteiger partial charge on any atom is 0.0620 e. The highest BCUT2D eigenvalue weighted by atomic mass is 15.0. The van der Waals surface area contributed by atoms with Gasteiger partial charge in [0.25, 0.3) is 0 Å². The number of nitrogens with zero attached hydrogens (tertiary/aromatic N) is 1. The van der Waals surface area contributed by atoms with Gasteiger partial charge in [0.15, 0.2) is 0 Å². The van der Waals surface area contributed by atoms with Crippen LogP contribution in [0.2, 0.25) is 0 Å². The van der Waals surface area contributed by atoms with Crippen molar-refractivity contribution in [3.05, 3.63) is 212 Å². The topological polar surface area (TPSA) is 4.93 Å². The van der Waals surface area contributed by atoms with Gasteiger partial charge in [0, 0.05) is 21.9 Å². The number of rotatable bonds is 2. The van der Waals surface area contributed by atoms with Gasteiger partial charge in [-0.05, 0) is 140 Å². The van der Waals surface area contributed by atoms with Crippen molar-refractivity contribution in [2.45, 2.75) is 0 Å². The zero-order chi connectivity index (χ0) is 39.8. The molecule has 0 atom stereocenters. The molecule has 12 aromatic carbocycles. The molecule has 2 heterocycles. The molecule has 0 amide bonds. The molecule has 1 heteroatoms. The minimum Gasteiger partial charge on any atom is -0.308 e. The molecule has 0 N–H and O–H groups in total. The van der Waals surface area contributed by atoms with E-state index in [0.29, 0.717) is 0 Å². The number of para-hydroxylation sites is 1. The van der Waals surface area contributed by atoms with Gasteiger partial charge in [-0.25, -0.2) is 0 Å². The zero-order valence-electron chi connectivity index (χ0n) is 33.2. The number of hydrogen-bond donors (Lipinski definition) is 0. The largest absolute Gasteiger partial charge is 0.308 e. The summed E-state index contributed by atoms with van der Waals surface area (Å²) in [7, 11) is 0. The Morgan fingerprint density at radius 3 is 1.11 bits per heavy atom. The quantitative estimate of drug-likeness (QED) is 0.154. The Morgan fingerprint density at radius 2 is 0.574 bits per heavy atom. The van der Waals surface area contributed by atoms with Crippen LogP contribution in [-0.4, -0.2) is 4.57 Å². The van der Waals surface area contributed by atoms with Gasteiger partial charge in [-0.3, -0.25) is 0 Å². The van der Waals surface area contributed by atoms with Gasteiger partial charge >= 0.3 is 0 Å². The van der Waals surface area contributed by atoms with Crippen LogP contribution >= 0.6 is 0 Å². The molecule has 0 aliphatic carbocycles. The lowest BCUT2D eigenvalue weighted by atomic mass is 9.88. The van der Waals surface area contributed by atoms with Crippen molar-refractivity contribution in [1.29, 1.82) is 0 Å². The molecule has 0 saturated carbocycles. The second-order valence-corrected chi connectivity index (χ2v) is 16.8. The van der Waals surface area contributed by atoms with E-state index < -0.39 is 0 Å². The van der Waals surface area contributed by atoms with Crippen molar-refractivity contribution in [3.8, 4) is 50.2 Å². The summed E-state index contributed by atoms with van der Waals surface area (Å²) < 4.78 is 2.53. The van der Waals surface area contributed by atoms with Crippen LogP contribution in [0.3, 0.4) is 0 Å². The molecule has 61 heavy (non-hydrogen) atoms. The van der Waals surface area contributed by atoms with E-state index in [1.54, 1.807) is 0 Å².